The summed E-state index contributed by atoms with van der Waals surface area (Å²) >= 11 is 5.96. The Hall–Kier alpha value is -2.31. The molecule has 0 bridgehead atoms. The Morgan fingerprint density at radius 2 is 2.18 bits per heavy atom. The van der Waals surface area contributed by atoms with E-state index in [1.165, 1.54) is 0 Å². The van der Waals surface area contributed by atoms with Crippen molar-refractivity contribution in [2.45, 2.75) is 27.2 Å². The first-order valence-electron chi connectivity index (χ1n) is 9.16. The first-order chi connectivity index (χ1) is 13.3. The van der Waals surface area contributed by atoms with Crippen LogP contribution >= 0.6 is 11.6 Å². The summed E-state index contributed by atoms with van der Waals surface area (Å²) in [6, 6.07) is 5.11. The molecular weight excluding hydrogens is 380 g/mol. The molecule has 1 aromatic carbocycles. The van der Waals surface area contributed by atoms with Gasteiger partial charge in [0.25, 0.3) is 5.91 Å². The Bertz CT molecular complexity index is 930. The number of fused-ring (bicyclic) bond motifs is 1. The van der Waals surface area contributed by atoms with Crippen molar-refractivity contribution in [1.29, 1.82) is 0 Å². The highest BCUT2D eigenvalue weighted by Gasteiger charge is 2.27. The molecule has 0 N–H and O–H groups in total. The van der Waals surface area contributed by atoms with E-state index in [4.69, 9.17) is 25.5 Å². The van der Waals surface area contributed by atoms with E-state index in [1.54, 1.807) is 30.2 Å². The molecular formula is C21H25ClN2O4. The van der Waals surface area contributed by atoms with Crippen LogP contribution in [0.15, 0.2) is 46.0 Å². The lowest BCUT2D eigenvalue weighted by molar-refractivity contribution is -0.132. The fourth-order valence-electron chi connectivity index (χ4n) is 3.42. The maximum atomic E-state index is 12.9. The number of rotatable bonds is 7. The fourth-order valence-corrected chi connectivity index (χ4v) is 3.58. The smallest absolute Gasteiger partial charge is 0.395 e. The number of halogens is 1. The van der Waals surface area contributed by atoms with Gasteiger partial charge in [-0.25, -0.2) is 0 Å². The molecule has 150 valence electrons. The SMILES string of the molecule is COCCN(C(=O)COc1nc2cc(Cl)ccc2o1)C1=CC(C)=CC(C)(C)C1. The quantitative estimate of drug-likeness (QED) is 0.675. The van der Waals surface area contributed by atoms with Crippen LogP contribution in [0, 0.1) is 5.41 Å². The number of aromatic nitrogens is 1. The van der Waals surface area contributed by atoms with E-state index < -0.39 is 0 Å². The van der Waals surface area contributed by atoms with Gasteiger partial charge in [-0.05, 0) is 43.0 Å². The number of ether oxygens (including phenoxy) is 2. The lowest BCUT2D eigenvalue weighted by Crippen LogP contribution is -2.38. The average Bonchev–Trinajstić information content (AvgIpc) is 3.00. The van der Waals surface area contributed by atoms with Crippen LogP contribution in [0.2, 0.25) is 5.02 Å². The first kappa shape index (κ1) is 20.4. The zero-order valence-corrected chi connectivity index (χ0v) is 17.4. The Morgan fingerprint density at radius 1 is 1.39 bits per heavy atom. The molecule has 1 aliphatic rings. The summed E-state index contributed by atoms with van der Waals surface area (Å²) in [5, 5.41) is 0.560. The van der Waals surface area contributed by atoms with Crippen LogP contribution in [0.1, 0.15) is 27.2 Å². The number of allylic oxidation sites excluding steroid dienone is 4. The number of nitrogens with zero attached hydrogens (tertiary/aromatic N) is 2. The number of benzene rings is 1. The first-order valence-corrected chi connectivity index (χ1v) is 9.53. The number of methoxy groups -OCH3 is 1. The highest BCUT2D eigenvalue weighted by Crippen LogP contribution is 2.34. The van der Waals surface area contributed by atoms with Crippen LogP contribution in [0.5, 0.6) is 6.08 Å². The number of carbonyl (C=O) groups is 1. The molecule has 1 amide bonds. The van der Waals surface area contributed by atoms with E-state index in [0.717, 1.165) is 17.7 Å². The van der Waals surface area contributed by atoms with Gasteiger partial charge < -0.3 is 18.8 Å². The second-order valence-corrected chi connectivity index (χ2v) is 8.04. The van der Waals surface area contributed by atoms with Crippen molar-refractivity contribution < 1.29 is 18.7 Å². The van der Waals surface area contributed by atoms with Crippen LogP contribution in [-0.4, -0.2) is 42.7 Å². The monoisotopic (exact) mass is 404 g/mol. The highest BCUT2D eigenvalue weighted by atomic mass is 35.5. The van der Waals surface area contributed by atoms with Gasteiger partial charge in [0.15, 0.2) is 12.2 Å². The normalized spacial score (nSPS) is 15.9. The topological polar surface area (TPSA) is 64.8 Å². The van der Waals surface area contributed by atoms with Gasteiger partial charge in [0, 0.05) is 24.4 Å². The summed E-state index contributed by atoms with van der Waals surface area (Å²) in [5.74, 6) is -0.172. The molecule has 0 saturated heterocycles. The van der Waals surface area contributed by atoms with E-state index in [2.05, 4.69) is 24.9 Å². The van der Waals surface area contributed by atoms with Gasteiger partial charge in [0.1, 0.15) is 5.52 Å². The van der Waals surface area contributed by atoms with Crippen molar-refractivity contribution in [3.63, 3.8) is 0 Å². The van der Waals surface area contributed by atoms with Gasteiger partial charge in [0.05, 0.1) is 6.61 Å². The Morgan fingerprint density at radius 3 is 2.89 bits per heavy atom. The van der Waals surface area contributed by atoms with Crippen molar-refractivity contribution in [1.82, 2.24) is 9.88 Å². The summed E-state index contributed by atoms with van der Waals surface area (Å²) < 4.78 is 16.2. The molecule has 1 aliphatic carbocycles. The van der Waals surface area contributed by atoms with Gasteiger partial charge in [-0.2, -0.15) is 4.98 Å². The summed E-state index contributed by atoms with van der Waals surface area (Å²) in [7, 11) is 1.62. The third kappa shape index (κ3) is 4.94. The van der Waals surface area contributed by atoms with Crippen molar-refractivity contribution in [2.75, 3.05) is 26.9 Å². The second kappa shape index (κ2) is 8.37. The summed E-state index contributed by atoms with van der Waals surface area (Å²) in [6.07, 6.45) is 5.07. The molecule has 0 saturated carbocycles. The van der Waals surface area contributed by atoms with Crippen molar-refractivity contribution in [2.24, 2.45) is 5.41 Å². The van der Waals surface area contributed by atoms with E-state index in [1.807, 2.05) is 13.0 Å². The van der Waals surface area contributed by atoms with Crippen LogP contribution in [0.4, 0.5) is 0 Å². The van der Waals surface area contributed by atoms with E-state index >= 15 is 0 Å². The van der Waals surface area contributed by atoms with Crippen molar-refractivity contribution >= 4 is 28.6 Å². The molecule has 2 aromatic rings. The van der Waals surface area contributed by atoms with Crippen molar-refractivity contribution in [3.05, 3.63) is 46.6 Å². The van der Waals surface area contributed by atoms with E-state index in [-0.39, 0.29) is 24.0 Å². The van der Waals surface area contributed by atoms with Crippen molar-refractivity contribution in [3.8, 4) is 6.08 Å². The Kier molecular flexibility index (Phi) is 6.10. The van der Waals surface area contributed by atoms with E-state index in [9.17, 15) is 4.79 Å². The fraction of sp³-hybridized carbons (Fsp3) is 0.429. The van der Waals surface area contributed by atoms with Crippen LogP contribution in [-0.2, 0) is 9.53 Å². The van der Waals surface area contributed by atoms with Gasteiger partial charge >= 0.3 is 6.08 Å². The molecule has 0 aliphatic heterocycles. The van der Waals surface area contributed by atoms with Gasteiger partial charge in [-0.3, -0.25) is 4.79 Å². The standard InChI is InChI=1S/C21H25ClN2O4/c1-14-9-16(12-21(2,3)11-14)24(7-8-26-4)19(25)13-27-20-23-17-10-15(22)5-6-18(17)28-20/h5-6,9-11H,7-8,12-13H2,1-4H3. The Balaban J connectivity index is 1.73. The third-order valence-corrected chi connectivity index (χ3v) is 4.70. The number of carbonyl (C=O) groups excluding carboxylic acids is 1. The molecule has 1 heterocycles. The summed E-state index contributed by atoms with van der Waals surface area (Å²) in [4.78, 5) is 18.8. The number of oxazole rings is 1. The number of amides is 1. The zero-order chi connectivity index (χ0) is 20.3. The number of hydrogen-bond acceptors (Lipinski definition) is 5. The summed E-state index contributed by atoms with van der Waals surface area (Å²) in [5.41, 5.74) is 3.22. The maximum absolute atomic E-state index is 12.9. The molecule has 0 atom stereocenters. The maximum Gasteiger partial charge on any atom is 0.395 e. The molecule has 28 heavy (non-hydrogen) atoms. The third-order valence-electron chi connectivity index (χ3n) is 4.47. The van der Waals surface area contributed by atoms with Crippen LogP contribution in [0.25, 0.3) is 11.1 Å². The minimum atomic E-state index is -0.176. The predicted molar refractivity (Wildman–Crippen MR) is 108 cm³/mol. The lowest BCUT2D eigenvalue weighted by atomic mass is 9.81. The minimum absolute atomic E-state index is 0.0137. The molecule has 0 fully saturated rings. The number of hydrogen-bond donors (Lipinski definition) is 0. The molecule has 0 radical (unpaired) electrons. The van der Waals surface area contributed by atoms with Gasteiger partial charge in [-0.1, -0.05) is 37.1 Å². The minimum Gasteiger partial charge on any atom is -0.440 e. The molecule has 6 nitrogen and oxygen atoms in total. The molecule has 7 heteroatoms. The van der Waals surface area contributed by atoms with Crippen LogP contribution < -0.4 is 4.74 Å². The average molecular weight is 405 g/mol. The lowest BCUT2D eigenvalue weighted by Gasteiger charge is -2.33. The predicted octanol–water partition coefficient (Wildman–Crippen LogP) is 4.60. The highest BCUT2D eigenvalue weighted by molar-refractivity contribution is 6.31. The molecule has 3 rings (SSSR count). The zero-order valence-electron chi connectivity index (χ0n) is 16.6. The largest absolute Gasteiger partial charge is 0.440 e. The van der Waals surface area contributed by atoms with Gasteiger partial charge in [0.2, 0.25) is 0 Å². The van der Waals surface area contributed by atoms with Gasteiger partial charge in [-0.15, -0.1) is 0 Å². The van der Waals surface area contributed by atoms with E-state index in [0.29, 0.717) is 29.3 Å². The summed E-state index contributed by atoms with van der Waals surface area (Å²) in [6.45, 7) is 7.07. The second-order valence-electron chi connectivity index (χ2n) is 7.61. The Labute approximate surface area is 169 Å². The van der Waals surface area contributed by atoms with Crippen LogP contribution in [0.3, 0.4) is 0 Å². The molecule has 0 unspecified atom stereocenters. The molecule has 1 aromatic heterocycles. The molecule has 0 spiro atoms.